The van der Waals surface area contributed by atoms with Gasteiger partial charge in [0.05, 0.1) is 30.4 Å². The zero-order valence-electron chi connectivity index (χ0n) is 15.7. The van der Waals surface area contributed by atoms with Gasteiger partial charge >= 0.3 is 0 Å². The summed E-state index contributed by atoms with van der Waals surface area (Å²) in [5.41, 5.74) is 3.48. The van der Waals surface area contributed by atoms with Crippen LogP contribution in [-0.4, -0.2) is 40.1 Å². The van der Waals surface area contributed by atoms with E-state index in [0.717, 1.165) is 37.2 Å². The van der Waals surface area contributed by atoms with E-state index in [1.54, 1.807) is 0 Å². The highest BCUT2D eigenvalue weighted by atomic mass is 16.5. The molecular weight excluding hydrogens is 338 g/mol. The third-order valence-corrected chi connectivity index (χ3v) is 5.27. The third-order valence-electron chi connectivity index (χ3n) is 5.27. The maximum absolute atomic E-state index is 12.5. The summed E-state index contributed by atoms with van der Waals surface area (Å²) in [6, 6.07) is 16.4. The van der Waals surface area contributed by atoms with Crippen LogP contribution in [0.15, 0.2) is 54.9 Å². The molecular formula is C22H25N3O2. The quantitative estimate of drug-likeness (QED) is 0.689. The van der Waals surface area contributed by atoms with E-state index >= 15 is 0 Å². The van der Waals surface area contributed by atoms with Crippen molar-refractivity contribution in [2.75, 3.05) is 19.7 Å². The summed E-state index contributed by atoms with van der Waals surface area (Å²) in [4.78, 5) is 19.0. The van der Waals surface area contributed by atoms with E-state index in [0.29, 0.717) is 19.1 Å². The van der Waals surface area contributed by atoms with Crippen molar-refractivity contribution < 1.29 is 9.53 Å². The summed E-state index contributed by atoms with van der Waals surface area (Å²) in [5.74, 6) is 0.988. The van der Waals surface area contributed by atoms with E-state index in [9.17, 15) is 4.79 Å². The van der Waals surface area contributed by atoms with Crippen LogP contribution in [0.4, 0.5) is 0 Å². The Morgan fingerprint density at radius 2 is 1.93 bits per heavy atom. The molecule has 140 valence electrons. The van der Waals surface area contributed by atoms with Crippen LogP contribution in [-0.2, 0) is 4.79 Å². The Hall–Kier alpha value is -2.82. The third kappa shape index (κ3) is 3.97. The lowest BCUT2D eigenvalue weighted by Gasteiger charge is -2.33. The highest BCUT2D eigenvalue weighted by Gasteiger charge is 2.24. The van der Waals surface area contributed by atoms with Crippen molar-refractivity contribution in [2.24, 2.45) is 0 Å². The average Bonchev–Trinajstić information content (AvgIpc) is 3.12. The van der Waals surface area contributed by atoms with Gasteiger partial charge in [-0.25, -0.2) is 4.98 Å². The first-order valence-corrected chi connectivity index (χ1v) is 9.59. The Balaban J connectivity index is 1.30. The van der Waals surface area contributed by atoms with Crippen LogP contribution in [0.3, 0.4) is 0 Å². The number of aromatic nitrogens is 2. The highest BCUT2D eigenvalue weighted by Crippen LogP contribution is 2.27. The van der Waals surface area contributed by atoms with Crippen molar-refractivity contribution in [3.8, 4) is 5.75 Å². The molecule has 0 spiro atoms. The molecule has 2 heterocycles. The number of hydrogen-bond donors (Lipinski definition) is 0. The van der Waals surface area contributed by atoms with E-state index in [-0.39, 0.29) is 5.91 Å². The van der Waals surface area contributed by atoms with Crippen molar-refractivity contribution in [1.29, 1.82) is 0 Å². The van der Waals surface area contributed by atoms with Gasteiger partial charge in [0, 0.05) is 19.1 Å². The first-order valence-electron chi connectivity index (χ1n) is 9.59. The zero-order chi connectivity index (χ0) is 18.6. The molecule has 0 unspecified atom stereocenters. The summed E-state index contributed by atoms with van der Waals surface area (Å²) >= 11 is 0. The maximum Gasteiger partial charge on any atom is 0.225 e. The molecule has 5 nitrogen and oxygen atoms in total. The largest absolute Gasteiger partial charge is 0.493 e. The normalized spacial score (nSPS) is 15.2. The standard InChI is InChI=1S/C22H25N3O2/c1-17-7-8-20-21(15-17)25(16-23-20)18-9-12-24(13-10-18)22(26)11-14-27-19-5-3-2-4-6-19/h2-8,15-16,18H,9-14H2,1H3. The molecule has 5 heteroatoms. The predicted molar refractivity (Wildman–Crippen MR) is 106 cm³/mol. The van der Waals surface area contributed by atoms with Crippen molar-refractivity contribution in [3.63, 3.8) is 0 Å². The topological polar surface area (TPSA) is 47.4 Å². The Bertz CT molecular complexity index is 912. The molecule has 0 bridgehead atoms. The van der Waals surface area contributed by atoms with Gasteiger partial charge in [-0.15, -0.1) is 0 Å². The zero-order valence-corrected chi connectivity index (χ0v) is 15.7. The minimum Gasteiger partial charge on any atom is -0.493 e. The van der Waals surface area contributed by atoms with Crippen molar-refractivity contribution in [2.45, 2.75) is 32.2 Å². The maximum atomic E-state index is 12.5. The van der Waals surface area contributed by atoms with Crippen LogP contribution in [0.2, 0.25) is 0 Å². The molecule has 0 saturated carbocycles. The first kappa shape index (κ1) is 17.6. The van der Waals surface area contributed by atoms with Gasteiger partial charge in [0.1, 0.15) is 5.75 Å². The first-order chi connectivity index (χ1) is 13.2. The number of nitrogens with zero attached hydrogens (tertiary/aromatic N) is 3. The molecule has 1 aliphatic heterocycles. The number of piperidine rings is 1. The average molecular weight is 363 g/mol. The van der Waals surface area contributed by atoms with Crippen LogP contribution in [0, 0.1) is 6.92 Å². The minimum absolute atomic E-state index is 0.177. The lowest BCUT2D eigenvalue weighted by atomic mass is 10.0. The van der Waals surface area contributed by atoms with E-state index in [1.165, 1.54) is 11.1 Å². The molecule has 3 aromatic rings. The Labute approximate surface area is 159 Å². The van der Waals surface area contributed by atoms with E-state index in [2.05, 4.69) is 34.7 Å². The van der Waals surface area contributed by atoms with Gasteiger partial charge < -0.3 is 14.2 Å². The van der Waals surface area contributed by atoms with Crippen LogP contribution in [0.5, 0.6) is 5.75 Å². The molecule has 2 aromatic carbocycles. The second-order valence-electron chi connectivity index (χ2n) is 7.17. The molecule has 0 N–H and O–H groups in total. The second-order valence-corrected chi connectivity index (χ2v) is 7.17. The molecule has 4 rings (SSSR count). The monoisotopic (exact) mass is 363 g/mol. The number of benzene rings is 2. The van der Waals surface area contributed by atoms with Gasteiger partial charge in [-0.1, -0.05) is 24.3 Å². The predicted octanol–water partition coefficient (Wildman–Crippen LogP) is 3.98. The number of rotatable bonds is 5. The number of likely N-dealkylation sites (tertiary alicyclic amines) is 1. The van der Waals surface area contributed by atoms with Crippen LogP contribution in [0.25, 0.3) is 11.0 Å². The van der Waals surface area contributed by atoms with Gasteiger partial charge in [0.15, 0.2) is 0 Å². The smallest absolute Gasteiger partial charge is 0.225 e. The molecule has 27 heavy (non-hydrogen) atoms. The molecule has 0 aliphatic carbocycles. The van der Waals surface area contributed by atoms with E-state index < -0.39 is 0 Å². The summed E-state index contributed by atoms with van der Waals surface area (Å²) in [7, 11) is 0. The fourth-order valence-electron chi connectivity index (χ4n) is 3.75. The second kappa shape index (κ2) is 7.82. The van der Waals surface area contributed by atoms with Crippen molar-refractivity contribution in [3.05, 3.63) is 60.4 Å². The lowest BCUT2D eigenvalue weighted by molar-refractivity contribution is -0.133. The molecule has 0 radical (unpaired) electrons. The molecule has 0 atom stereocenters. The Kier molecular flexibility index (Phi) is 5.10. The van der Waals surface area contributed by atoms with Crippen LogP contribution < -0.4 is 4.74 Å². The Morgan fingerprint density at radius 1 is 1.15 bits per heavy atom. The van der Waals surface area contributed by atoms with Crippen molar-refractivity contribution >= 4 is 16.9 Å². The van der Waals surface area contributed by atoms with Gasteiger partial charge in [-0.2, -0.15) is 0 Å². The molecule has 1 aliphatic rings. The van der Waals surface area contributed by atoms with Crippen LogP contribution >= 0.6 is 0 Å². The fraction of sp³-hybridized carbons (Fsp3) is 0.364. The Morgan fingerprint density at radius 3 is 2.70 bits per heavy atom. The minimum atomic E-state index is 0.177. The van der Waals surface area contributed by atoms with E-state index in [4.69, 9.17) is 4.74 Å². The number of para-hydroxylation sites is 1. The van der Waals surface area contributed by atoms with Gasteiger partial charge in [-0.3, -0.25) is 4.79 Å². The molecule has 1 amide bonds. The highest BCUT2D eigenvalue weighted by molar-refractivity contribution is 5.77. The molecule has 1 aromatic heterocycles. The van der Waals surface area contributed by atoms with Crippen LogP contribution in [0.1, 0.15) is 30.9 Å². The summed E-state index contributed by atoms with van der Waals surface area (Å²) in [6.07, 6.45) is 4.29. The summed E-state index contributed by atoms with van der Waals surface area (Å²) < 4.78 is 7.93. The number of aryl methyl sites for hydroxylation is 1. The number of imidazole rings is 1. The number of carbonyl (C=O) groups excluding carboxylic acids is 1. The lowest BCUT2D eigenvalue weighted by Crippen LogP contribution is -2.39. The van der Waals surface area contributed by atoms with E-state index in [1.807, 2.05) is 41.6 Å². The molecule has 1 fully saturated rings. The number of amides is 1. The SMILES string of the molecule is Cc1ccc2ncn(C3CCN(C(=O)CCOc4ccccc4)CC3)c2c1. The van der Waals surface area contributed by atoms with Gasteiger partial charge in [0.25, 0.3) is 0 Å². The van der Waals surface area contributed by atoms with Gasteiger partial charge in [-0.05, 0) is 49.6 Å². The van der Waals surface area contributed by atoms with Crippen molar-refractivity contribution in [1.82, 2.24) is 14.5 Å². The van der Waals surface area contributed by atoms with Gasteiger partial charge in [0.2, 0.25) is 5.91 Å². The number of ether oxygens (including phenoxy) is 1. The fourth-order valence-corrected chi connectivity index (χ4v) is 3.75. The number of carbonyl (C=O) groups is 1. The number of fused-ring (bicyclic) bond motifs is 1. The number of hydrogen-bond acceptors (Lipinski definition) is 3. The summed E-state index contributed by atoms with van der Waals surface area (Å²) in [6.45, 7) is 4.12. The summed E-state index contributed by atoms with van der Waals surface area (Å²) in [5, 5.41) is 0. The molecule has 1 saturated heterocycles.